The van der Waals surface area contributed by atoms with Crippen LogP contribution in [0.2, 0.25) is 5.02 Å². The number of carbonyl (C=O) groups is 1. The van der Waals surface area contributed by atoms with E-state index < -0.39 is 17.7 Å². The Morgan fingerprint density at radius 3 is 2.71 bits per heavy atom. The van der Waals surface area contributed by atoms with E-state index in [-0.39, 0.29) is 6.42 Å². The molecule has 0 fully saturated rings. The molecule has 1 heterocycles. The Hall–Kier alpha value is -2.24. The van der Waals surface area contributed by atoms with Crippen molar-refractivity contribution in [3.8, 4) is 0 Å². The molecular formula is C18H13ClFNO2S. The van der Waals surface area contributed by atoms with Gasteiger partial charge in [-0.15, -0.1) is 0 Å². The summed E-state index contributed by atoms with van der Waals surface area (Å²) in [6.07, 6.45) is 1.52. The first kappa shape index (κ1) is 16.6. The summed E-state index contributed by atoms with van der Waals surface area (Å²) in [7, 11) is 0. The average Bonchev–Trinajstić information content (AvgIpc) is 2.65. The lowest BCUT2D eigenvalue weighted by molar-refractivity contribution is -0.137. The molecule has 3 nitrogen and oxygen atoms in total. The fourth-order valence-corrected chi connectivity index (χ4v) is 3.13. The van der Waals surface area contributed by atoms with E-state index in [1.165, 1.54) is 6.07 Å². The molecule has 2 N–H and O–H groups in total. The quantitative estimate of drug-likeness (QED) is 0.774. The first-order valence-corrected chi connectivity index (χ1v) is 8.03. The van der Waals surface area contributed by atoms with Crippen molar-refractivity contribution in [2.45, 2.75) is 6.42 Å². The lowest BCUT2D eigenvalue weighted by Crippen LogP contribution is -2.21. The van der Waals surface area contributed by atoms with Crippen LogP contribution in [0.1, 0.15) is 17.5 Å². The third-order valence-electron chi connectivity index (χ3n) is 3.79. The van der Waals surface area contributed by atoms with Gasteiger partial charge >= 0.3 is 5.97 Å². The van der Waals surface area contributed by atoms with E-state index in [0.717, 1.165) is 0 Å². The molecule has 1 unspecified atom stereocenters. The third-order valence-corrected chi connectivity index (χ3v) is 4.43. The van der Waals surface area contributed by atoms with E-state index in [2.05, 4.69) is 5.32 Å². The standard InChI is InChI=1S/C18H13ClFNO2S/c19-11-5-6-16-14(9-11)13(12-3-1-2-4-15(12)20)7-10(8-17(22)23)18(24)21-16/h1-7,9-10H,8H2,(H,21,24)(H,22,23). The number of thiocarbonyl (C=S) groups is 1. The number of benzene rings is 2. The molecule has 2 aromatic carbocycles. The van der Waals surface area contributed by atoms with E-state index >= 15 is 0 Å². The second kappa shape index (κ2) is 6.71. The third kappa shape index (κ3) is 3.32. The van der Waals surface area contributed by atoms with Gasteiger partial charge in [-0.3, -0.25) is 4.79 Å². The molecule has 0 saturated heterocycles. The summed E-state index contributed by atoms with van der Waals surface area (Å²) in [5, 5.41) is 12.7. The summed E-state index contributed by atoms with van der Waals surface area (Å²) in [5.41, 5.74) is 2.31. The van der Waals surface area contributed by atoms with Crippen molar-refractivity contribution in [1.29, 1.82) is 0 Å². The lowest BCUT2D eigenvalue weighted by Gasteiger charge is -2.13. The van der Waals surface area contributed by atoms with Crippen molar-refractivity contribution in [2.24, 2.45) is 5.92 Å². The van der Waals surface area contributed by atoms with Crippen LogP contribution in [0, 0.1) is 11.7 Å². The fraction of sp³-hybridized carbons (Fsp3) is 0.111. The van der Waals surface area contributed by atoms with Crippen LogP contribution in [0.4, 0.5) is 10.1 Å². The summed E-state index contributed by atoms with van der Waals surface area (Å²) in [6.45, 7) is 0. The molecule has 2 aromatic rings. The summed E-state index contributed by atoms with van der Waals surface area (Å²) >= 11 is 11.4. The highest BCUT2D eigenvalue weighted by atomic mass is 35.5. The van der Waals surface area contributed by atoms with Crippen LogP contribution >= 0.6 is 23.8 Å². The van der Waals surface area contributed by atoms with Crippen molar-refractivity contribution < 1.29 is 14.3 Å². The van der Waals surface area contributed by atoms with E-state index in [9.17, 15) is 9.18 Å². The van der Waals surface area contributed by atoms with Gasteiger partial charge in [-0.1, -0.05) is 48.1 Å². The number of hydrogen-bond donors (Lipinski definition) is 2. The number of carboxylic acid groups (broad SMARTS) is 1. The Morgan fingerprint density at radius 2 is 2.00 bits per heavy atom. The molecule has 1 aliphatic heterocycles. The van der Waals surface area contributed by atoms with Gasteiger partial charge in [0.05, 0.1) is 11.4 Å². The highest BCUT2D eigenvalue weighted by Crippen LogP contribution is 2.37. The number of carboxylic acids is 1. The van der Waals surface area contributed by atoms with Crippen molar-refractivity contribution >= 4 is 46.0 Å². The molecule has 1 aliphatic rings. The van der Waals surface area contributed by atoms with Gasteiger partial charge in [-0.25, -0.2) is 4.39 Å². The minimum Gasteiger partial charge on any atom is -0.481 e. The van der Waals surface area contributed by atoms with Crippen molar-refractivity contribution in [2.75, 3.05) is 5.32 Å². The highest BCUT2D eigenvalue weighted by molar-refractivity contribution is 7.80. The molecule has 0 spiro atoms. The van der Waals surface area contributed by atoms with Crippen LogP contribution < -0.4 is 5.32 Å². The maximum Gasteiger partial charge on any atom is 0.304 e. The molecule has 6 heteroatoms. The molecule has 122 valence electrons. The smallest absolute Gasteiger partial charge is 0.304 e. The largest absolute Gasteiger partial charge is 0.481 e. The van der Waals surface area contributed by atoms with Crippen molar-refractivity contribution in [1.82, 2.24) is 0 Å². The molecule has 3 rings (SSSR count). The number of halogens is 2. The lowest BCUT2D eigenvalue weighted by atomic mass is 9.93. The predicted octanol–water partition coefficient (Wildman–Crippen LogP) is 4.75. The van der Waals surface area contributed by atoms with E-state index in [1.807, 2.05) is 0 Å². The topological polar surface area (TPSA) is 49.3 Å². The minimum absolute atomic E-state index is 0.175. The van der Waals surface area contributed by atoms with Crippen LogP contribution in [0.15, 0.2) is 48.5 Å². The molecule has 0 bridgehead atoms. The first-order chi connectivity index (χ1) is 11.5. The van der Waals surface area contributed by atoms with Gasteiger partial charge in [0.2, 0.25) is 0 Å². The summed E-state index contributed by atoms with van der Waals surface area (Å²) in [5.74, 6) is -1.91. The average molecular weight is 362 g/mol. The molecular weight excluding hydrogens is 349 g/mol. The van der Waals surface area contributed by atoms with Crippen LogP contribution in [-0.4, -0.2) is 16.1 Å². The zero-order chi connectivity index (χ0) is 17.3. The number of anilines is 1. The summed E-state index contributed by atoms with van der Waals surface area (Å²) in [4.78, 5) is 11.5. The van der Waals surface area contributed by atoms with Crippen LogP contribution in [0.5, 0.6) is 0 Å². The Bertz CT molecular complexity index is 866. The van der Waals surface area contributed by atoms with Crippen LogP contribution in [0.25, 0.3) is 5.57 Å². The predicted molar refractivity (Wildman–Crippen MR) is 96.9 cm³/mol. The van der Waals surface area contributed by atoms with E-state index in [4.69, 9.17) is 28.9 Å². The van der Waals surface area contributed by atoms with Crippen LogP contribution in [0.3, 0.4) is 0 Å². The van der Waals surface area contributed by atoms with Crippen molar-refractivity contribution in [3.63, 3.8) is 0 Å². The van der Waals surface area contributed by atoms with Gasteiger partial charge in [0.15, 0.2) is 0 Å². The molecule has 24 heavy (non-hydrogen) atoms. The van der Waals surface area contributed by atoms with Crippen LogP contribution in [-0.2, 0) is 4.79 Å². The number of rotatable bonds is 3. The summed E-state index contributed by atoms with van der Waals surface area (Å²) < 4.78 is 14.3. The normalized spacial score (nSPS) is 16.7. The highest BCUT2D eigenvalue weighted by Gasteiger charge is 2.25. The van der Waals surface area contributed by atoms with Gasteiger partial charge in [0.25, 0.3) is 0 Å². The van der Waals surface area contributed by atoms with Gasteiger partial charge in [-0.2, -0.15) is 0 Å². The Labute approximate surface area is 148 Å². The number of aliphatic carboxylic acids is 1. The number of nitrogens with one attached hydrogen (secondary N) is 1. The maximum atomic E-state index is 14.3. The zero-order valence-corrected chi connectivity index (χ0v) is 14.0. The SMILES string of the molecule is O=C(O)CC1C=C(c2ccccc2F)c2cc(Cl)ccc2NC1=S. The summed E-state index contributed by atoms with van der Waals surface area (Å²) in [6, 6.07) is 11.5. The first-order valence-electron chi connectivity index (χ1n) is 7.25. The number of hydrogen-bond acceptors (Lipinski definition) is 2. The molecule has 1 atom stereocenters. The van der Waals surface area contributed by atoms with Gasteiger partial charge in [0.1, 0.15) is 5.82 Å². The fourth-order valence-electron chi connectivity index (χ4n) is 2.69. The van der Waals surface area contributed by atoms with E-state index in [0.29, 0.717) is 32.4 Å². The monoisotopic (exact) mass is 361 g/mol. The Morgan fingerprint density at radius 1 is 1.25 bits per heavy atom. The zero-order valence-electron chi connectivity index (χ0n) is 12.4. The molecule has 0 aliphatic carbocycles. The molecule has 0 aromatic heterocycles. The number of fused-ring (bicyclic) bond motifs is 1. The van der Waals surface area contributed by atoms with Gasteiger partial charge < -0.3 is 10.4 Å². The van der Waals surface area contributed by atoms with E-state index in [1.54, 1.807) is 42.5 Å². The Kier molecular flexibility index (Phi) is 4.64. The second-order valence-electron chi connectivity index (χ2n) is 5.44. The van der Waals surface area contributed by atoms with Gasteiger partial charge in [-0.05, 0) is 29.8 Å². The molecule has 0 radical (unpaired) electrons. The van der Waals surface area contributed by atoms with Crippen molar-refractivity contribution in [3.05, 3.63) is 70.5 Å². The molecule has 0 amide bonds. The second-order valence-corrected chi connectivity index (χ2v) is 6.32. The molecule has 0 saturated carbocycles. The maximum absolute atomic E-state index is 14.3. The minimum atomic E-state index is -0.975. The van der Waals surface area contributed by atoms with Gasteiger partial charge in [0, 0.05) is 27.8 Å². The Balaban J connectivity index is 2.23.